The van der Waals surface area contributed by atoms with Crippen molar-refractivity contribution in [3.8, 4) is 5.75 Å². The molecule has 34 heavy (non-hydrogen) atoms. The second-order valence-corrected chi connectivity index (χ2v) is 10.8. The van der Waals surface area contributed by atoms with E-state index in [1.165, 1.54) is 79.8 Å². The van der Waals surface area contributed by atoms with Gasteiger partial charge in [0.15, 0.2) is 0 Å². The van der Waals surface area contributed by atoms with Gasteiger partial charge in [0.1, 0.15) is 5.75 Å². The Balaban J connectivity index is 1.31. The summed E-state index contributed by atoms with van der Waals surface area (Å²) in [5, 5.41) is 13.7. The maximum atomic E-state index is 10.1. The second kappa shape index (κ2) is 9.11. The number of rotatable bonds is 3. The summed E-state index contributed by atoms with van der Waals surface area (Å²) in [6.45, 7) is 4.72. The fraction of sp³-hybridized carbons (Fsp3) is 0.419. The number of benzene rings is 3. The van der Waals surface area contributed by atoms with Gasteiger partial charge in [0, 0.05) is 24.7 Å². The zero-order valence-corrected chi connectivity index (χ0v) is 20.0. The van der Waals surface area contributed by atoms with Gasteiger partial charge in [-0.15, -0.1) is 0 Å². The highest BCUT2D eigenvalue weighted by molar-refractivity contribution is 5.53. The molecule has 1 spiro atoms. The van der Waals surface area contributed by atoms with Crippen LogP contribution in [-0.2, 0) is 6.42 Å². The number of fused-ring (bicyclic) bond motifs is 1. The van der Waals surface area contributed by atoms with Gasteiger partial charge in [0.2, 0.25) is 0 Å². The van der Waals surface area contributed by atoms with Crippen LogP contribution in [0.25, 0.3) is 0 Å². The van der Waals surface area contributed by atoms with E-state index in [0.29, 0.717) is 23.0 Å². The quantitative estimate of drug-likeness (QED) is 0.495. The second-order valence-electron chi connectivity index (χ2n) is 10.8. The summed E-state index contributed by atoms with van der Waals surface area (Å²) >= 11 is 0. The van der Waals surface area contributed by atoms with Gasteiger partial charge in [-0.1, -0.05) is 48.5 Å². The number of nitrogens with one attached hydrogen (secondary N) is 1. The van der Waals surface area contributed by atoms with Gasteiger partial charge in [-0.2, -0.15) is 0 Å². The molecule has 1 aliphatic carbocycles. The number of aryl methyl sites for hydroxylation is 1. The van der Waals surface area contributed by atoms with Crippen molar-refractivity contribution >= 4 is 5.69 Å². The first-order valence-electron chi connectivity index (χ1n) is 13.1. The van der Waals surface area contributed by atoms with E-state index in [1.807, 2.05) is 12.1 Å². The molecule has 3 aromatic rings. The van der Waals surface area contributed by atoms with Crippen molar-refractivity contribution in [3.63, 3.8) is 0 Å². The molecule has 2 saturated heterocycles. The minimum absolute atomic E-state index is 0.318. The molecular formula is C31H36N2O. The molecule has 0 unspecified atom stereocenters. The van der Waals surface area contributed by atoms with Crippen LogP contribution in [0.3, 0.4) is 0 Å². The molecule has 3 heteroatoms. The molecule has 3 aromatic carbocycles. The molecule has 2 N–H and O–H groups in total. The molecule has 2 aliphatic heterocycles. The van der Waals surface area contributed by atoms with Gasteiger partial charge in [0.25, 0.3) is 0 Å². The standard InChI is InChI=1S/C31H36N2O/c34-27-12-14-29-25(21-27)9-13-28(23-5-2-1-3-6-23)30(29)24-7-10-26(11-8-24)33-20-4-15-31(22-33)16-18-32-19-17-31/h1-3,5-8,10-12,14,21,28,30,32,34H,4,9,13,15-20,22H2/t28-,30+/m1/s1. The summed E-state index contributed by atoms with van der Waals surface area (Å²) in [4.78, 5) is 2.64. The highest BCUT2D eigenvalue weighted by Gasteiger charge is 2.37. The molecule has 0 aromatic heterocycles. The van der Waals surface area contributed by atoms with E-state index in [4.69, 9.17) is 0 Å². The zero-order valence-electron chi connectivity index (χ0n) is 20.0. The first-order valence-corrected chi connectivity index (χ1v) is 13.1. The van der Waals surface area contributed by atoms with Crippen molar-refractivity contribution < 1.29 is 5.11 Å². The van der Waals surface area contributed by atoms with E-state index in [0.717, 1.165) is 12.8 Å². The van der Waals surface area contributed by atoms with Crippen LogP contribution in [0.1, 0.15) is 66.2 Å². The fourth-order valence-electron chi connectivity index (χ4n) is 6.96. The highest BCUT2D eigenvalue weighted by Crippen LogP contribution is 2.47. The SMILES string of the molecule is Oc1ccc2c(c1)CC[C@H](c1ccccc1)[C@@H]2c1ccc(N2CCCC3(CCNCC3)C2)cc1. The molecule has 0 amide bonds. The summed E-state index contributed by atoms with van der Waals surface area (Å²) in [6, 6.07) is 26.5. The van der Waals surface area contributed by atoms with E-state index < -0.39 is 0 Å². The first-order chi connectivity index (χ1) is 16.7. The van der Waals surface area contributed by atoms with Gasteiger partial charge < -0.3 is 15.3 Å². The van der Waals surface area contributed by atoms with Gasteiger partial charge in [-0.3, -0.25) is 0 Å². The normalized spacial score (nSPS) is 24.1. The molecule has 3 aliphatic rings. The lowest BCUT2D eigenvalue weighted by molar-refractivity contribution is 0.167. The van der Waals surface area contributed by atoms with E-state index in [2.05, 4.69) is 70.9 Å². The maximum Gasteiger partial charge on any atom is 0.115 e. The Labute approximate surface area is 203 Å². The maximum absolute atomic E-state index is 10.1. The summed E-state index contributed by atoms with van der Waals surface area (Å²) in [7, 11) is 0. The van der Waals surface area contributed by atoms with Crippen LogP contribution in [0.2, 0.25) is 0 Å². The molecule has 2 atom stereocenters. The Kier molecular flexibility index (Phi) is 5.82. The van der Waals surface area contributed by atoms with Crippen LogP contribution in [-0.4, -0.2) is 31.3 Å². The summed E-state index contributed by atoms with van der Waals surface area (Å²) in [5.41, 5.74) is 7.35. The molecular weight excluding hydrogens is 416 g/mol. The van der Waals surface area contributed by atoms with Crippen LogP contribution in [0.15, 0.2) is 72.8 Å². The van der Waals surface area contributed by atoms with Crippen molar-refractivity contribution in [2.24, 2.45) is 5.41 Å². The molecule has 2 heterocycles. The van der Waals surface area contributed by atoms with Crippen LogP contribution in [0.4, 0.5) is 5.69 Å². The molecule has 0 bridgehead atoms. The Morgan fingerprint density at radius 3 is 2.44 bits per heavy atom. The smallest absolute Gasteiger partial charge is 0.115 e. The number of phenols is 1. The van der Waals surface area contributed by atoms with Crippen molar-refractivity contribution in [2.75, 3.05) is 31.1 Å². The summed E-state index contributed by atoms with van der Waals surface area (Å²) in [5.74, 6) is 1.15. The summed E-state index contributed by atoms with van der Waals surface area (Å²) < 4.78 is 0. The average Bonchev–Trinajstić information content (AvgIpc) is 2.89. The van der Waals surface area contributed by atoms with Crippen LogP contribution >= 0.6 is 0 Å². The third-order valence-electron chi connectivity index (χ3n) is 8.76. The lowest BCUT2D eigenvalue weighted by Crippen LogP contribution is -2.48. The average molecular weight is 453 g/mol. The van der Waals surface area contributed by atoms with Gasteiger partial charge in [-0.05, 0) is 109 Å². The van der Waals surface area contributed by atoms with Crippen LogP contribution in [0.5, 0.6) is 5.75 Å². The van der Waals surface area contributed by atoms with E-state index in [1.54, 1.807) is 0 Å². The lowest BCUT2D eigenvalue weighted by Gasteiger charge is -2.46. The lowest BCUT2D eigenvalue weighted by atomic mass is 9.69. The highest BCUT2D eigenvalue weighted by atomic mass is 16.3. The Bertz CT molecular complexity index is 1110. The number of hydrogen-bond donors (Lipinski definition) is 2. The Morgan fingerprint density at radius 1 is 0.853 bits per heavy atom. The van der Waals surface area contributed by atoms with Crippen molar-refractivity contribution in [3.05, 3.63) is 95.1 Å². The third kappa shape index (κ3) is 4.11. The topological polar surface area (TPSA) is 35.5 Å². The van der Waals surface area contributed by atoms with E-state index >= 15 is 0 Å². The largest absolute Gasteiger partial charge is 0.508 e. The van der Waals surface area contributed by atoms with Gasteiger partial charge >= 0.3 is 0 Å². The predicted octanol–water partition coefficient (Wildman–Crippen LogP) is 6.22. The van der Waals surface area contributed by atoms with Crippen molar-refractivity contribution in [2.45, 2.75) is 50.4 Å². The Hall–Kier alpha value is -2.78. The molecule has 3 nitrogen and oxygen atoms in total. The molecule has 176 valence electrons. The molecule has 6 rings (SSSR count). The van der Waals surface area contributed by atoms with Gasteiger partial charge in [0.05, 0.1) is 0 Å². The number of nitrogens with zero attached hydrogens (tertiary/aromatic N) is 1. The van der Waals surface area contributed by atoms with E-state index in [9.17, 15) is 5.11 Å². The van der Waals surface area contributed by atoms with Crippen LogP contribution in [0, 0.1) is 5.41 Å². The summed E-state index contributed by atoms with van der Waals surface area (Å²) in [6.07, 6.45) is 7.43. The van der Waals surface area contributed by atoms with Crippen molar-refractivity contribution in [1.82, 2.24) is 5.32 Å². The van der Waals surface area contributed by atoms with Crippen LogP contribution < -0.4 is 10.2 Å². The minimum atomic E-state index is 0.318. The fourth-order valence-corrected chi connectivity index (χ4v) is 6.96. The third-order valence-corrected chi connectivity index (χ3v) is 8.76. The first kappa shape index (κ1) is 21.7. The number of phenolic OH excluding ortho intramolecular Hbond substituents is 1. The predicted molar refractivity (Wildman–Crippen MR) is 140 cm³/mol. The number of anilines is 1. The number of aromatic hydroxyl groups is 1. The van der Waals surface area contributed by atoms with E-state index in [-0.39, 0.29) is 0 Å². The molecule has 0 radical (unpaired) electrons. The minimum Gasteiger partial charge on any atom is -0.508 e. The Morgan fingerprint density at radius 2 is 1.65 bits per heavy atom. The van der Waals surface area contributed by atoms with Crippen molar-refractivity contribution in [1.29, 1.82) is 0 Å². The van der Waals surface area contributed by atoms with Gasteiger partial charge in [-0.25, -0.2) is 0 Å². The number of piperidine rings is 2. The molecule has 2 fully saturated rings. The zero-order chi connectivity index (χ0) is 23.0. The molecule has 0 saturated carbocycles. The number of hydrogen-bond acceptors (Lipinski definition) is 3. The monoisotopic (exact) mass is 452 g/mol.